The molecule has 2 aliphatic rings. The molecule has 3 aromatic heterocycles. The normalized spacial score (nSPS) is 16.3. The molecule has 58 heavy (non-hydrogen) atoms. The summed E-state index contributed by atoms with van der Waals surface area (Å²) in [5, 5.41) is 14.1. The van der Waals surface area contributed by atoms with Gasteiger partial charge in [0.2, 0.25) is 11.8 Å². The van der Waals surface area contributed by atoms with Crippen LogP contribution in [0.15, 0.2) is 77.9 Å². The first kappa shape index (κ1) is 41.2. The number of hydrogen-bond donors (Lipinski definition) is 2. The first-order chi connectivity index (χ1) is 27.5. The zero-order valence-electron chi connectivity index (χ0n) is 33.5. The van der Waals surface area contributed by atoms with Gasteiger partial charge in [0.25, 0.3) is 5.56 Å². The van der Waals surface area contributed by atoms with Gasteiger partial charge in [-0.3, -0.25) is 18.9 Å². The lowest BCUT2D eigenvalue weighted by Gasteiger charge is -2.45. The predicted octanol–water partition coefficient (Wildman–Crippen LogP) is 7.62. The van der Waals surface area contributed by atoms with Crippen LogP contribution in [0.4, 0.5) is 4.79 Å². The van der Waals surface area contributed by atoms with Crippen molar-refractivity contribution in [3.05, 3.63) is 105 Å². The summed E-state index contributed by atoms with van der Waals surface area (Å²) < 4.78 is 13.0. The maximum Gasteiger partial charge on any atom is 0.410 e. The fourth-order valence-electron chi connectivity index (χ4n) is 7.41. The largest absolute Gasteiger partial charge is 0.481 e. The predicted molar refractivity (Wildman–Crippen MR) is 225 cm³/mol. The van der Waals surface area contributed by atoms with Gasteiger partial charge in [-0.25, -0.2) is 14.8 Å². The van der Waals surface area contributed by atoms with E-state index in [-0.39, 0.29) is 36.5 Å². The van der Waals surface area contributed by atoms with Gasteiger partial charge in [0.15, 0.2) is 0 Å². The number of amides is 2. The second-order valence-corrected chi connectivity index (χ2v) is 17.4. The number of aromatic nitrogens is 3. The van der Waals surface area contributed by atoms with Crippen LogP contribution in [0.1, 0.15) is 58.6 Å². The summed E-state index contributed by atoms with van der Waals surface area (Å²) >= 11 is 14.3. The molecule has 0 aliphatic carbocycles. The number of benzene rings is 2. The molecule has 2 saturated heterocycles. The van der Waals surface area contributed by atoms with Crippen molar-refractivity contribution in [2.75, 3.05) is 26.7 Å². The Hall–Kier alpha value is -5.01. The quantitative estimate of drug-likeness (QED) is 0.138. The van der Waals surface area contributed by atoms with Crippen LogP contribution in [0.2, 0.25) is 10.0 Å². The van der Waals surface area contributed by atoms with E-state index in [1.54, 1.807) is 21.7 Å². The Balaban J connectivity index is 1.14. The van der Waals surface area contributed by atoms with Crippen molar-refractivity contribution in [3.8, 4) is 39.4 Å². The summed E-state index contributed by atoms with van der Waals surface area (Å²) in [5.74, 6) is 0.453. The Morgan fingerprint density at radius 2 is 1.62 bits per heavy atom. The standard InChI is InChI=1S/C44H48Cl2N6O6/c1-43(2,3)58-42(55)51(25-30-14-16-37(53)48-30)22-27-13-15-35(49-40(27)57-6)34-12-8-11-33(39(34)46)32-10-7-9-31(38(32)45)26-17-18-52-36(19-26)47-20-28(41(52)54)21-50-23-29(24-50)44(4,5)56/h7-13,15,17-20,29-30,56H,14,16,21-25H2,1-6H3,(H,48,53)/t30-/m0/s1. The Bertz CT molecular complexity index is 2440. The summed E-state index contributed by atoms with van der Waals surface area (Å²) in [6.45, 7) is 11.4. The first-order valence-corrected chi connectivity index (χ1v) is 20.1. The van der Waals surface area contributed by atoms with Crippen molar-refractivity contribution >= 4 is 40.8 Å². The van der Waals surface area contributed by atoms with Crippen LogP contribution >= 0.6 is 23.2 Å². The number of rotatable bonds is 11. The molecular formula is C44H48Cl2N6O6. The average Bonchev–Trinajstić information content (AvgIpc) is 3.56. The molecule has 0 radical (unpaired) electrons. The maximum absolute atomic E-state index is 13.4. The van der Waals surface area contributed by atoms with Crippen molar-refractivity contribution in [1.82, 2.24) is 29.5 Å². The van der Waals surface area contributed by atoms with Gasteiger partial charge in [-0.15, -0.1) is 0 Å². The van der Waals surface area contributed by atoms with Crippen LogP contribution in [-0.2, 0) is 22.6 Å². The van der Waals surface area contributed by atoms with E-state index < -0.39 is 17.3 Å². The monoisotopic (exact) mass is 826 g/mol. The second kappa shape index (κ2) is 16.3. The van der Waals surface area contributed by atoms with Crippen LogP contribution in [0.25, 0.3) is 39.2 Å². The number of nitrogens with one attached hydrogen (secondary N) is 1. The van der Waals surface area contributed by atoms with E-state index in [2.05, 4.69) is 15.2 Å². The third-order valence-electron chi connectivity index (χ3n) is 10.7. The first-order valence-electron chi connectivity index (χ1n) is 19.3. The fraction of sp³-hybridized carbons (Fsp3) is 0.386. The lowest BCUT2D eigenvalue weighted by molar-refractivity contribution is -0.119. The van der Waals surface area contributed by atoms with Crippen molar-refractivity contribution in [2.24, 2.45) is 5.92 Å². The Morgan fingerprint density at radius 1 is 0.948 bits per heavy atom. The summed E-state index contributed by atoms with van der Waals surface area (Å²) in [4.78, 5) is 51.8. The number of fused-ring (bicyclic) bond motifs is 1. The molecule has 304 valence electrons. The molecule has 2 N–H and O–H groups in total. The van der Waals surface area contributed by atoms with Crippen LogP contribution in [0, 0.1) is 5.92 Å². The molecule has 14 heteroatoms. The molecule has 0 unspecified atom stereocenters. The van der Waals surface area contributed by atoms with Crippen molar-refractivity contribution in [3.63, 3.8) is 0 Å². The number of carbonyl (C=O) groups is 2. The number of halogens is 2. The third kappa shape index (κ3) is 8.85. The van der Waals surface area contributed by atoms with Gasteiger partial charge in [-0.1, -0.05) is 59.6 Å². The van der Waals surface area contributed by atoms with E-state index in [0.29, 0.717) is 74.5 Å². The Kier molecular flexibility index (Phi) is 11.6. The van der Waals surface area contributed by atoms with E-state index in [0.717, 1.165) is 24.2 Å². The van der Waals surface area contributed by atoms with Gasteiger partial charge in [-0.2, -0.15) is 0 Å². The molecular weight excluding hydrogens is 779 g/mol. The van der Waals surface area contributed by atoms with Crippen LogP contribution in [-0.4, -0.2) is 85.3 Å². The summed E-state index contributed by atoms with van der Waals surface area (Å²) in [6.07, 6.45) is 3.89. The highest BCUT2D eigenvalue weighted by Gasteiger charge is 2.37. The minimum Gasteiger partial charge on any atom is -0.481 e. The van der Waals surface area contributed by atoms with E-state index in [1.807, 2.05) is 95.3 Å². The van der Waals surface area contributed by atoms with Gasteiger partial charge in [0, 0.05) is 84.8 Å². The highest BCUT2D eigenvalue weighted by atomic mass is 35.5. The number of aliphatic hydroxyl groups is 1. The van der Waals surface area contributed by atoms with Gasteiger partial charge in [-0.05, 0) is 70.9 Å². The number of ether oxygens (including phenoxy) is 2. The summed E-state index contributed by atoms with van der Waals surface area (Å²) in [6, 6.07) is 18.6. The number of carbonyl (C=O) groups excluding carboxylic acids is 2. The lowest BCUT2D eigenvalue weighted by Crippen LogP contribution is -2.55. The highest BCUT2D eigenvalue weighted by Crippen LogP contribution is 2.42. The topological polar surface area (TPSA) is 139 Å². The number of methoxy groups -OCH3 is 1. The SMILES string of the molecule is COc1nc(-c2cccc(-c3cccc(-c4ccn5c(=O)c(CN6CC(C(C)(C)O)C6)cnc5c4)c3Cl)c2Cl)ccc1CN(C[C@@H]1CCC(=O)N1)C(=O)OC(C)(C)C. The van der Waals surface area contributed by atoms with Gasteiger partial charge in [0.05, 0.1) is 40.6 Å². The van der Waals surface area contributed by atoms with Crippen LogP contribution < -0.4 is 15.6 Å². The Labute approximate surface area is 347 Å². The maximum atomic E-state index is 13.4. The molecule has 0 bridgehead atoms. The molecule has 12 nitrogen and oxygen atoms in total. The molecule has 1 atom stereocenters. The molecule has 2 aliphatic heterocycles. The number of hydrogen-bond acceptors (Lipinski definition) is 9. The zero-order valence-corrected chi connectivity index (χ0v) is 35.0. The smallest absolute Gasteiger partial charge is 0.410 e. The Morgan fingerprint density at radius 3 is 2.26 bits per heavy atom. The van der Waals surface area contributed by atoms with Gasteiger partial charge in [0.1, 0.15) is 11.2 Å². The lowest BCUT2D eigenvalue weighted by atomic mass is 9.84. The summed E-state index contributed by atoms with van der Waals surface area (Å²) in [7, 11) is 1.52. The third-order valence-corrected chi connectivity index (χ3v) is 11.5. The molecule has 5 heterocycles. The van der Waals surface area contributed by atoms with E-state index >= 15 is 0 Å². The van der Waals surface area contributed by atoms with Crippen molar-refractivity contribution in [1.29, 1.82) is 0 Å². The number of nitrogens with zero attached hydrogens (tertiary/aromatic N) is 5. The zero-order chi connectivity index (χ0) is 41.5. The van der Waals surface area contributed by atoms with E-state index in [1.165, 1.54) is 7.11 Å². The van der Waals surface area contributed by atoms with Crippen molar-refractivity contribution < 1.29 is 24.2 Å². The second-order valence-electron chi connectivity index (χ2n) is 16.6. The van der Waals surface area contributed by atoms with E-state index in [9.17, 15) is 19.5 Å². The minimum atomic E-state index is -0.748. The number of likely N-dealkylation sites (tertiary alicyclic amines) is 1. The fourth-order valence-corrected chi connectivity index (χ4v) is 8.07. The average molecular weight is 828 g/mol. The summed E-state index contributed by atoms with van der Waals surface area (Å²) in [5.41, 5.74) is 4.30. The molecule has 0 spiro atoms. The molecule has 2 fully saturated rings. The van der Waals surface area contributed by atoms with E-state index in [4.69, 9.17) is 37.7 Å². The molecule has 0 saturated carbocycles. The number of pyridine rings is 2. The minimum absolute atomic E-state index is 0.0378. The molecule has 7 rings (SSSR count). The highest BCUT2D eigenvalue weighted by molar-refractivity contribution is 6.39. The van der Waals surface area contributed by atoms with Crippen LogP contribution in [0.3, 0.4) is 0 Å². The molecule has 5 aromatic rings. The molecule has 2 aromatic carbocycles. The van der Waals surface area contributed by atoms with Gasteiger partial charge < -0.3 is 24.8 Å². The van der Waals surface area contributed by atoms with Gasteiger partial charge >= 0.3 is 6.09 Å². The van der Waals surface area contributed by atoms with Crippen LogP contribution in [0.5, 0.6) is 5.88 Å². The molecule has 2 amide bonds. The van der Waals surface area contributed by atoms with Crippen molar-refractivity contribution in [2.45, 2.75) is 77.8 Å².